The Balaban J connectivity index is 1.71. The first kappa shape index (κ1) is 18.9. The Morgan fingerprint density at radius 1 is 1.00 bits per heavy atom. The van der Waals surface area contributed by atoms with Crippen molar-refractivity contribution in [2.24, 2.45) is 5.10 Å². The summed E-state index contributed by atoms with van der Waals surface area (Å²) >= 11 is 0. The van der Waals surface area contributed by atoms with Crippen molar-refractivity contribution in [3.05, 3.63) is 71.3 Å². The number of hydrogen-bond acceptors (Lipinski definition) is 4. The maximum atomic E-state index is 11.8. The maximum Gasteiger partial charge on any atom is 0.336 e. The van der Waals surface area contributed by atoms with E-state index in [1.165, 1.54) is 12.3 Å². The normalized spacial score (nSPS) is 10.5. The molecule has 0 fully saturated rings. The zero-order valence-corrected chi connectivity index (χ0v) is 14.0. The third-order valence-electron chi connectivity index (χ3n) is 3.49. The van der Waals surface area contributed by atoms with Crippen LogP contribution in [-0.4, -0.2) is 35.6 Å². The van der Waals surface area contributed by atoms with Gasteiger partial charge in [-0.25, -0.2) is 10.2 Å². The van der Waals surface area contributed by atoms with Gasteiger partial charge in [0, 0.05) is 24.1 Å². The zero-order chi connectivity index (χ0) is 18.8. The Hall–Kier alpha value is -3.48. The van der Waals surface area contributed by atoms with Gasteiger partial charge in [-0.2, -0.15) is 5.10 Å². The number of carbonyl (C=O) groups excluding carboxylic acids is 2. The molecular weight excluding hydrogens is 334 g/mol. The van der Waals surface area contributed by atoms with Gasteiger partial charge < -0.3 is 10.4 Å². The highest BCUT2D eigenvalue weighted by atomic mass is 16.4. The Bertz CT molecular complexity index is 803. The molecule has 0 aliphatic rings. The monoisotopic (exact) mass is 353 g/mol. The standard InChI is InChI=1S/C19H19N3O4/c23-17(11-6-12-20-18(24)14-7-2-1-3-8-14)22-21-13-15-9-4-5-10-16(15)19(25)26/h1-5,7-10,13H,6,11-12H2,(H,20,24)(H,22,23)(H,25,26)/b21-13+. The lowest BCUT2D eigenvalue weighted by atomic mass is 10.1. The first-order valence-electron chi connectivity index (χ1n) is 8.05. The number of nitrogens with zero attached hydrogens (tertiary/aromatic N) is 1. The van der Waals surface area contributed by atoms with E-state index < -0.39 is 5.97 Å². The molecule has 2 amide bonds. The van der Waals surface area contributed by atoms with Crippen molar-refractivity contribution in [1.82, 2.24) is 10.7 Å². The fraction of sp³-hybridized carbons (Fsp3) is 0.158. The molecule has 0 unspecified atom stereocenters. The number of hydrogen-bond donors (Lipinski definition) is 3. The maximum absolute atomic E-state index is 11.8. The number of amides is 2. The van der Waals surface area contributed by atoms with E-state index in [0.717, 1.165) is 0 Å². The van der Waals surface area contributed by atoms with Crippen LogP contribution in [0.15, 0.2) is 59.7 Å². The Morgan fingerprint density at radius 2 is 1.69 bits per heavy atom. The van der Waals surface area contributed by atoms with Crippen molar-refractivity contribution < 1.29 is 19.5 Å². The molecule has 26 heavy (non-hydrogen) atoms. The van der Waals surface area contributed by atoms with Gasteiger partial charge in [0.15, 0.2) is 0 Å². The fourth-order valence-electron chi connectivity index (χ4n) is 2.18. The van der Waals surface area contributed by atoms with E-state index in [1.54, 1.807) is 42.5 Å². The Labute approximate surface area is 150 Å². The molecule has 0 aromatic heterocycles. The second kappa shape index (κ2) is 9.73. The van der Waals surface area contributed by atoms with Crippen molar-refractivity contribution in [2.75, 3.05) is 6.54 Å². The topological polar surface area (TPSA) is 108 Å². The second-order valence-electron chi connectivity index (χ2n) is 5.41. The number of carboxylic acid groups (broad SMARTS) is 1. The molecule has 0 atom stereocenters. The highest BCUT2D eigenvalue weighted by molar-refractivity contribution is 5.98. The van der Waals surface area contributed by atoms with Crippen LogP contribution < -0.4 is 10.7 Å². The largest absolute Gasteiger partial charge is 0.478 e. The van der Waals surface area contributed by atoms with Crippen LogP contribution in [0.4, 0.5) is 0 Å². The van der Waals surface area contributed by atoms with E-state index >= 15 is 0 Å². The summed E-state index contributed by atoms with van der Waals surface area (Å²) in [5.74, 6) is -1.56. The van der Waals surface area contributed by atoms with Crippen LogP contribution in [0.2, 0.25) is 0 Å². The lowest BCUT2D eigenvalue weighted by molar-refractivity contribution is -0.121. The molecule has 0 radical (unpaired) electrons. The van der Waals surface area contributed by atoms with Crippen LogP contribution in [0.1, 0.15) is 39.1 Å². The SMILES string of the molecule is O=C(CCCNC(=O)c1ccccc1)N/N=C/c1ccccc1C(=O)O. The number of carboxylic acids is 1. The van der Waals surface area contributed by atoms with Gasteiger partial charge >= 0.3 is 5.97 Å². The first-order valence-corrected chi connectivity index (χ1v) is 8.05. The van der Waals surface area contributed by atoms with Crippen LogP contribution in [-0.2, 0) is 4.79 Å². The van der Waals surface area contributed by atoms with Crippen molar-refractivity contribution in [1.29, 1.82) is 0 Å². The van der Waals surface area contributed by atoms with E-state index in [1.807, 2.05) is 6.07 Å². The minimum atomic E-state index is -1.06. The van der Waals surface area contributed by atoms with E-state index in [4.69, 9.17) is 5.11 Å². The third-order valence-corrected chi connectivity index (χ3v) is 3.49. The smallest absolute Gasteiger partial charge is 0.336 e. The molecule has 0 spiro atoms. The highest BCUT2D eigenvalue weighted by Gasteiger charge is 2.07. The third kappa shape index (κ3) is 5.86. The molecule has 2 aromatic carbocycles. The molecule has 0 saturated carbocycles. The molecule has 2 rings (SSSR count). The van der Waals surface area contributed by atoms with Gasteiger partial charge in [-0.15, -0.1) is 0 Å². The van der Waals surface area contributed by atoms with E-state index in [2.05, 4.69) is 15.8 Å². The summed E-state index contributed by atoms with van der Waals surface area (Å²) in [6.07, 6.45) is 1.94. The van der Waals surface area contributed by atoms with Crippen LogP contribution in [0.3, 0.4) is 0 Å². The number of nitrogens with one attached hydrogen (secondary N) is 2. The van der Waals surface area contributed by atoms with Crippen molar-refractivity contribution in [3.8, 4) is 0 Å². The molecule has 7 heteroatoms. The quantitative estimate of drug-likeness (QED) is 0.383. The summed E-state index contributed by atoms with van der Waals surface area (Å²) in [5.41, 5.74) is 3.41. The van der Waals surface area contributed by atoms with Gasteiger partial charge in [-0.05, 0) is 24.6 Å². The molecule has 134 valence electrons. The average molecular weight is 353 g/mol. The highest BCUT2D eigenvalue weighted by Crippen LogP contribution is 2.05. The molecule has 7 nitrogen and oxygen atoms in total. The molecule has 2 aromatic rings. The average Bonchev–Trinajstić information content (AvgIpc) is 2.66. The summed E-state index contributed by atoms with van der Waals surface area (Å²) in [5, 5.41) is 15.6. The van der Waals surface area contributed by atoms with Gasteiger partial charge in [-0.1, -0.05) is 36.4 Å². The van der Waals surface area contributed by atoms with E-state index in [-0.39, 0.29) is 23.8 Å². The molecule has 0 heterocycles. The predicted molar refractivity (Wildman–Crippen MR) is 97.1 cm³/mol. The van der Waals surface area contributed by atoms with E-state index in [0.29, 0.717) is 24.1 Å². The molecule has 3 N–H and O–H groups in total. The summed E-state index contributed by atoms with van der Waals surface area (Å²) in [6.45, 7) is 0.368. The van der Waals surface area contributed by atoms with Crippen LogP contribution >= 0.6 is 0 Å². The van der Waals surface area contributed by atoms with Crippen LogP contribution in [0, 0.1) is 0 Å². The van der Waals surface area contributed by atoms with Crippen molar-refractivity contribution >= 4 is 24.0 Å². The zero-order valence-electron chi connectivity index (χ0n) is 14.0. The van der Waals surface area contributed by atoms with Gasteiger partial charge in [0.1, 0.15) is 0 Å². The Kier molecular flexibility index (Phi) is 7.05. The van der Waals surface area contributed by atoms with Crippen molar-refractivity contribution in [2.45, 2.75) is 12.8 Å². The summed E-state index contributed by atoms with van der Waals surface area (Å²) in [4.78, 5) is 34.6. The molecule has 0 bridgehead atoms. The number of benzene rings is 2. The van der Waals surface area contributed by atoms with Gasteiger partial charge in [0.2, 0.25) is 5.91 Å². The van der Waals surface area contributed by atoms with E-state index in [9.17, 15) is 14.4 Å². The van der Waals surface area contributed by atoms with Gasteiger partial charge in [-0.3, -0.25) is 9.59 Å². The molecule has 0 saturated heterocycles. The van der Waals surface area contributed by atoms with Crippen molar-refractivity contribution in [3.63, 3.8) is 0 Å². The van der Waals surface area contributed by atoms with Gasteiger partial charge in [0.05, 0.1) is 11.8 Å². The minimum Gasteiger partial charge on any atom is -0.478 e. The molecule has 0 aliphatic carbocycles. The fourth-order valence-corrected chi connectivity index (χ4v) is 2.18. The lowest BCUT2D eigenvalue weighted by Gasteiger charge is -2.05. The number of carbonyl (C=O) groups is 3. The number of rotatable bonds is 8. The summed E-state index contributed by atoms with van der Waals surface area (Å²) < 4.78 is 0. The lowest BCUT2D eigenvalue weighted by Crippen LogP contribution is -2.26. The number of hydrazone groups is 1. The molecular formula is C19H19N3O4. The number of aromatic carboxylic acids is 1. The predicted octanol–water partition coefficient (Wildman–Crippen LogP) is 2.05. The molecule has 0 aliphatic heterocycles. The Morgan fingerprint density at radius 3 is 2.42 bits per heavy atom. The minimum absolute atomic E-state index is 0.106. The first-order chi connectivity index (χ1) is 12.6. The summed E-state index contributed by atoms with van der Waals surface area (Å²) in [6, 6.07) is 15.2. The summed E-state index contributed by atoms with van der Waals surface area (Å²) in [7, 11) is 0. The van der Waals surface area contributed by atoms with Gasteiger partial charge in [0.25, 0.3) is 5.91 Å². The second-order valence-corrected chi connectivity index (χ2v) is 5.41. The van der Waals surface area contributed by atoms with Crippen LogP contribution in [0.25, 0.3) is 0 Å². The van der Waals surface area contributed by atoms with Crippen LogP contribution in [0.5, 0.6) is 0 Å².